The highest BCUT2D eigenvalue weighted by Crippen LogP contribution is 2.08. The number of aryl methyl sites for hydroxylation is 2. The molecule has 19 heavy (non-hydrogen) atoms. The summed E-state index contributed by atoms with van der Waals surface area (Å²) in [5, 5.41) is 3.38. The topological polar surface area (TPSA) is 47.7 Å². The highest BCUT2D eigenvalue weighted by molar-refractivity contribution is 5.28. The molecule has 0 amide bonds. The third-order valence-corrected chi connectivity index (χ3v) is 2.91. The number of unbranched alkanes of at least 4 members (excludes halogenated alkanes) is 1. The molecule has 0 saturated carbocycles. The molecular weight excluding hydrogens is 238 g/mol. The van der Waals surface area contributed by atoms with Gasteiger partial charge in [-0.3, -0.25) is 0 Å². The third kappa shape index (κ3) is 3.98. The first-order chi connectivity index (χ1) is 9.29. The minimum atomic E-state index is 0.790. The zero-order valence-corrected chi connectivity index (χ0v) is 11.4. The number of aromatic nitrogens is 4. The van der Waals surface area contributed by atoms with Gasteiger partial charge >= 0.3 is 0 Å². The molecular formula is C14H21N5. The molecule has 0 radical (unpaired) electrons. The van der Waals surface area contributed by atoms with E-state index in [2.05, 4.69) is 31.0 Å². The number of nitrogens with zero attached hydrogens (tertiary/aromatic N) is 4. The summed E-state index contributed by atoms with van der Waals surface area (Å²) >= 11 is 0. The molecule has 0 aliphatic carbocycles. The zero-order chi connectivity index (χ0) is 13.5. The van der Waals surface area contributed by atoms with E-state index in [9.17, 15) is 0 Å². The predicted octanol–water partition coefficient (Wildman–Crippen LogP) is 2.47. The quantitative estimate of drug-likeness (QED) is 0.585. The maximum absolute atomic E-state index is 4.47. The Balaban J connectivity index is 1.71. The Morgan fingerprint density at radius 1 is 1.42 bits per heavy atom. The van der Waals surface area contributed by atoms with Gasteiger partial charge in [0.1, 0.15) is 0 Å². The molecule has 0 saturated heterocycles. The van der Waals surface area contributed by atoms with E-state index in [1.165, 1.54) is 0 Å². The molecule has 1 N–H and O–H groups in total. The monoisotopic (exact) mass is 259 g/mol. The smallest absolute Gasteiger partial charge is 0.203 e. The van der Waals surface area contributed by atoms with Crippen LogP contribution in [0.2, 0.25) is 0 Å². The zero-order valence-electron chi connectivity index (χ0n) is 11.4. The fraction of sp³-hybridized carbons (Fsp3) is 0.429. The first-order valence-electron chi connectivity index (χ1n) is 6.64. The molecule has 2 aromatic rings. The normalized spacial score (nSPS) is 10.6. The van der Waals surface area contributed by atoms with Crippen LogP contribution in [0, 0.1) is 6.92 Å². The third-order valence-electron chi connectivity index (χ3n) is 2.91. The Hall–Kier alpha value is -2.04. The van der Waals surface area contributed by atoms with Crippen molar-refractivity contribution in [2.45, 2.75) is 32.9 Å². The summed E-state index contributed by atoms with van der Waals surface area (Å²) in [6.45, 7) is 8.50. The first-order valence-corrected chi connectivity index (χ1v) is 6.64. The van der Waals surface area contributed by atoms with Gasteiger partial charge in [-0.25, -0.2) is 9.97 Å². The number of nitrogens with one attached hydrogen (secondary N) is 1. The van der Waals surface area contributed by atoms with Crippen LogP contribution in [0.3, 0.4) is 0 Å². The Morgan fingerprint density at radius 2 is 2.32 bits per heavy atom. The summed E-state index contributed by atoms with van der Waals surface area (Å²) in [6.07, 6.45) is 11.8. The van der Waals surface area contributed by atoms with Crippen LogP contribution < -0.4 is 5.32 Å². The van der Waals surface area contributed by atoms with Gasteiger partial charge in [-0.15, -0.1) is 6.58 Å². The molecule has 0 fully saturated rings. The molecule has 5 heteroatoms. The molecule has 0 unspecified atom stereocenters. The molecule has 102 valence electrons. The van der Waals surface area contributed by atoms with Crippen LogP contribution in [0.1, 0.15) is 18.5 Å². The van der Waals surface area contributed by atoms with E-state index in [0.717, 1.165) is 44.1 Å². The lowest BCUT2D eigenvalue weighted by atomic mass is 10.3. The van der Waals surface area contributed by atoms with Crippen molar-refractivity contribution in [3.8, 4) is 0 Å². The SMILES string of the molecule is C=CCn1cc(C)nc1NCCCCn1ccnc1. The van der Waals surface area contributed by atoms with E-state index in [0.29, 0.717) is 0 Å². The first kappa shape index (κ1) is 13.4. The number of rotatable bonds is 8. The van der Waals surface area contributed by atoms with Crippen molar-refractivity contribution in [1.29, 1.82) is 0 Å². The van der Waals surface area contributed by atoms with Crippen LogP contribution in [0.15, 0.2) is 37.6 Å². The lowest BCUT2D eigenvalue weighted by Gasteiger charge is -2.08. The van der Waals surface area contributed by atoms with E-state index in [-0.39, 0.29) is 0 Å². The summed E-state index contributed by atoms with van der Waals surface area (Å²) in [4.78, 5) is 8.49. The largest absolute Gasteiger partial charge is 0.356 e. The van der Waals surface area contributed by atoms with E-state index in [1.807, 2.05) is 37.9 Å². The van der Waals surface area contributed by atoms with Crippen LogP contribution in [0.25, 0.3) is 0 Å². The number of hydrogen-bond donors (Lipinski definition) is 1. The summed E-state index contributed by atoms with van der Waals surface area (Å²) in [5.74, 6) is 0.931. The number of hydrogen-bond acceptors (Lipinski definition) is 3. The predicted molar refractivity (Wildman–Crippen MR) is 77.1 cm³/mol. The van der Waals surface area contributed by atoms with Crippen molar-refractivity contribution in [1.82, 2.24) is 19.1 Å². The van der Waals surface area contributed by atoms with E-state index in [4.69, 9.17) is 0 Å². The minimum absolute atomic E-state index is 0.790. The molecule has 5 nitrogen and oxygen atoms in total. The Kier molecular flexibility index (Phi) is 4.78. The number of allylic oxidation sites excluding steroid dienone is 1. The lowest BCUT2D eigenvalue weighted by Crippen LogP contribution is -2.09. The Morgan fingerprint density at radius 3 is 3.05 bits per heavy atom. The van der Waals surface area contributed by atoms with Crippen molar-refractivity contribution < 1.29 is 0 Å². The molecule has 2 rings (SSSR count). The fourth-order valence-electron chi connectivity index (χ4n) is 2.00. The van der Waals surface area contributed by atoms with E-state index < -0.39 is 0 Å². The number of anilines is 1. The summed E-state index contributed by atoms with van der Waals surface area (Å²) in [6, 6.07) is 0. The molecule has 0 spiro atoms. The van der Waals surface area contributed by atoms with E-state index in [1.54, 1.807) is 0 Å². The average molecular weight is 259 g/mol. The van der Waals surface area contributed by atoms with Gasteiger partial charge in [-0.2, -0.15) is 0 Å². The van der Waals surface area contributed by atoms with Gasteiger partial charge in [0.05, 0.1) is 12.0 Å². The van der Waals surface area contributed by atoms with Crippen LogP contribution in [-0.4, -0.2) is 25.6 Å². The van der Waals surface area contributed by atoms with Gasteiger partial charge in [-0.05, 0) is 19.8 Å². The molecule has 0 aliphatic heterocycles. The van der Waals surface area contributed by atoms with Crippen LogP contribution >= 0.6 is 0 Å². The molecule has 0 aromatic carbocycles. The molecule has 0 bridgehead atoms. The van der Waals surface area contributed by atoms with Gasteiger partial charge < -0.3 is 14.5 Å². The second-order valence-electron chi connectivity index (χ2n) is 4.58. The van der Waals surface area contributed by atoms with Gasteiger partial charge in [0.15, 0.2) is 0 Å². The summed E-state index contributed by atoms with van der Waals surface area (Å²) in [5.41, 5.74) is 1.03. The summed E-state index contributed by atoms with van der Waals surface area (Å²) < 4.78 is 4.18. The van der Waals surface area contributed by atoms with Gasteiger partial charge in [0.25, 0.3) is 0 Å². The van der Waals surface area contributed by atoms with Gasteiger partial charge in [0.2, 0.25) is 5.95 Å². The van der Waals surface area contributed by atoms with Crippen molar-refractivity contribution in [2.75, 3.05) is 11.9 Å². The van der Waals surface area contributed by atoms with Crippen molar-refractivity contribution in [2.24, 2.45) is 0 Å². The van der Waals surface area contributed by atoms with Crippen molar-refractivity contribution in [3.05, 3.63) is 43.3 Å². The highest BCUT2D eigenvalue weighted by Gasteiger charge is 2.03. The standard InChI is InChI=1S/C14H21N5/c1-3-8-19-11-13(2)17-14(19)16-6-4-5-9-18-10-7-15-12-18/h3,7,10-12H,1,4-6,8-9H2,2H3,(H,16,17). The van der Waals surface area contributed by atoms with Gasteiger partial charge in [-0.1, -0.05) is 6.08 Å². The van der Waals surface area contributed by atoms with Crippen LogP contribution in [-0.2, 0) is 13.1 Å². The fourth-order valence-corrected chi connectivity index (χ4v) is 2.00. The molecule has 0 atom stereocenters. The maximum Gasteiger partial charge on any atom is 0.203 e. The van der Waals surface area contributed by atoms with Crippen molar-refractivity contribution in [3.63, 3.8) is 0 Å². The summed E-state index contributed by atoms with van der Waals surface area (Å²) in [7, 11) is 0. The Labute approximate surface area is 114 Å². The van der Waals surface area contributed by atoms with Crippen LogP contribution in [0.4, 0.5) is 5.95 Å². The van der Waals surface area contributed by atoms with Gasteiger partial charge in [0, 0.05) is 38.2 Å². The molecule has 0 aliphatic rings. The number of imidazole rings is 2. The van der Waals surface area contributed by atoms with Crippen molar-refractivity contribution >= 4 is 5.95 Å². The maximum atomic E-state index is 4.47. The lowest BCUT2D eigenvalue weighted by molar-refractivity contribution is 0.619. The second-order valence-corrected chi connectivity index (χ2v) is 4.58. The highest BCUT2D eigenvalue weighted by atomic mass is 15.2. The van der Waals surface area contributed by atoms with E-state index >= 15 is 0 Å². The van der Waals surface area contributed by atoms with Crippen LogP contribution in [0.5, 0.6) is 0 Å². The second kappa shape index (κ2) is 6.78. The Bertz CT molecular complexity index is 498. The molecule has 2 heterocycles. The molecule has 2 aromatic heterocycles. The minimum Gasteiger partial charge on any atom is -0.356 e. The average Bonchev–Trinajstić information content (AvgIpc) is 3.00.